The van der Waals surface area contributed by atoms with Crippen molar-refractivity contribution < 1.29 is 4.74 Å². The summed E-state index contributed by atoms with van der Waals surface area (Å²) in [5.41, 5.74) is 1.23. The maximum absolute atomic E-state index is 5.41. The zero-order valence-corrected chi connectivity index (χ0v) is 9.69. The molecule has 80 valence electrons. The van der Waals surface area contributed by atoms with E-state index in [0.29, 0.717) is 4.75 Å². The van der Waals surface area contributed by atoms with E-state index in [9.17, 15) is 0 Å². The van der Waals surface area contributed by atoms with E-state index in [1.54, 1.807) is 7.11 Å². The van der Waals surface area contributed by atoms with Crippen LogP contribution in [0.3, 0.4) is 0 Å². The molecule has 1 heterocycles. The number of fused-ring (bicyclic) bond motifs is 1. The third-order valence-corrected chi connectivity index (χ3v) is 4.99. The fourth-order valence-corrected chi connectivity index (χ4v) is 3.85. The van der Waals surface area contributed by atoms with Gasteiger partial charge in [-0.1, -0.05) is 12.5 Å². The van der Waals surface area contributed by atoms with Gasteiger partial charge in [-0.25, -0.2) is 0 Å². The molecule has 0 aromatic heterocycles. The van der Waals surface area contributed by atoms with Crippen LogP contribution in [0, 0.1) is 0 Å². The van der Waals surface area contributed by atoms with E-state index in [0.717, 1.165) is 12.3 Å². The van der Waals surface area contributed by atoms with E-state index >= 15 is 0 Å². The number of hydrogen-bond acceptors (Lipinski definition) is 3. The predicted molar refractivity (Wildman–Crippen MR) is 63.9 cm³/mol. The number of hydrogen-bond donors (Lipinski definition) is 1. The normalized spacial score (nSPS) is 21.4. The largest absolute Gasteiger partial charge is 0.496 e. The average molecular weight is 221 g/mol. The minimum Gasteiger partial charge on any atom is -0.496 e. The zero-order valence-electron chi connectivity index (χ0n) is 8.88. The van der Waals surface area contributed by atoms with Gasteiger partial charge in [-0.05, 0) is 25.0 Å². The maximum atomic E-state index is 5.41. The first-order valence-corrected chi connectivity index (χ1v) is 6.25. The van der Waals surface area contributed by atoms with Gasteiger partial charge in [0.25, 0.3) is 0 Å². The molecule has 1 aliphatic carbocycles. The van der Waals surface area contributed by atoms with E-state index in [-0.39, 0.29) is 0 Å². The fourth-order valence-electron chi connectivity index (χ4n) is 2.28. The van der Waals surface area contributed by atoms with Crippen LogP contribution >= 0.6 is 11.8 Å². The van der Waals surface area contributed by atoms with E-state index in [1.165, 1.54) is 29.8 Å². The van der Waals surface area contributed by atoms with Crippen LogP contribution in [0.4, 0.5) is 5.69 Å². The molecule has 3 heteroatoms. The first-order valence-electron chi connectivity index (χ1n) is 5.43. The average Bonchev–Trinajstić information content (AvgIpc) is 2.25. The molecule has 1 aromatic carbocycles. The van der Waals surface area contributed by atoms with Crippen LogP contribution in [0.15, 0.2) is 23.1 Å². The molecular weight excluding hydrogens is 206 g/mol. The van der Waals surface area contributed by atoms with Gasteiger partial charge in [0.2, 0.25) is 0 Å². The van der Waals surface area contributed by atoms with Gasteiger partial charge in [0.05, 0.1) is 17.7 Å². The quantitative estimate of drug-likeness (QED) is 0.787. The number of ether oxygens (including phenoxy) is 1. The van der Waals surface area contributed by atoms with Crippen molar-refractivity contribution in [3.8, 4) is 5.75 Å². The van der Waals surface area contributed by atoms with Gasteiger partial charge in [-0.2, -0.15) is 0 Å². The molecule has 1 spiro atoms. The van der Waals surface area contributed by atoms with E-state index < -0.39 is 0 Å². The van der Waals surface area contributed by atoms with E-state index in [4.69, 9.17) is 4.74 Å². The zero-order chi connectivity index (χ0) is 10.3. The molecule has 1 aliphatic heterocycles. The van der Waals surface area contributed by atoms with Crippen molar-refractivity contribution in [2.45, 2.75) is 28.9 Å². The molecule has 2 nitrogen and oxygen atoms in total. The Labute approximate surface area is 94.4 Å². The van der Waals surface area contributed by atoms with Crippen molar-refractivity contribution in [1.29, 1.82) is 0 Å². The van der Waals surface area contributed by atoms with Crippen molar-refractivity contribution in [3.05, 3.63) is 18.2 Å². The standard InChI is InChI=1S/C12H15NOS/c1-14-10-5-2-4-9-11(10)15-12(8-13-9)6-3-7-12/h2,4-5,13H,3,6-8H2,1H3. The third-order valence-electron chi connectivity index (χ3n) is 3.38. The van der Waals surface area contributed by atoms with Crippen molar-refractivity contribution in [2.24, 2.45) is 0 Å². The maximum Gasteiger partial charge on any atom is 0.134 e. The number of nitrogens with one attached hydrogen (secondary N) is 1. The van der Waals surface area contributed by atoms with Crippen LogP contribution in [-0.4, -0.2) is 18.4 Å². The summed E-state index contributed by atoms with van der Waals surface area (Å²) in [5.74, 6) is 1.01. The summed E-state index contributed by atoms with van der Waals surface area (Å²) >= 11 is 2.01. The summed E-state index contributed by atoms with van der Waals surface area (Å²) in [6.07, 6.45) is 4.05. The van der Waals surface area contributed by atoms with Crippen LogP contribution in [0.2, 0.25) is 0 Å². The summed E-state index contributed by atoms with van der Waals surface area (Å²) in [6.45, 7) is 1.11. The molecule has 1 N–H and O–H groups in total. The molecule has 0 bridgehead atoms. The van der Waals surface area contributed by atoms with Crippen molar-refractivity contribution >= 4 is 17.4 Å². The Balaban J connectivity index is 1.99. The summed E-state index contributed by atoms with van der Waals surface area (Å²) < 4.78 is 5.87. The highest BCUT2D eigenvalue weighted by atomic mass is 32.2. The first-order chi connectivity index (χ1) is 7.33. The van der Waals surface area contributed by atoms with Crippen LogP contribution in [0.25, 0.3) is 0 Å². The highest BCUT2D eigenvalue weighted by Crippen LogP contribution is 2.54. The number of rotatable bonds is 1. The molecular formula is C12H15NOS. The van der Waals surface area contributed by atoms with E-state index in [2.05, 4.69) is 11.4 Å². The summed E-state index contributed by atoms with van der Waals surface area (Å²) in [7, 11) is 1.75. The monoisotopic (exact) mass is 221 g/mol. The molecule has 0 unspecified atom stereocenters. The van der Waals surface area contributed by atoms with Gasteiger partial charge in [0.15, 0.2) is 0 Å². The van der Waals surface area contributed by atoms with Gasteiger partial charge in [-0.15, -0.1) is 11.8 Å². The Morgan fingerprint density at radius 1 is 1.40 bits per heavy atom. The molecule has 15 heavy (non-hydrogen) atoms. The molecule has 1 aromatic rings. The summed E-state index contributed by atoms with van der Waals surface area (Å²) in [4.78, 5) is 1.30. The Morgan fingerprint density at radius 2 is 2.27 bits per heavy atom. The van der Waals surface area contributed by atoms with Crippen LogP contribution in [-0.2, 0) is 0 Å². The lowest BCUT2D eigenvalue weighted by atomic mass is 9.84. The van der Waals surface area contributed by atoms with Gasteiger partial charge >= 0.3 is 0 Å². The van der Waals surface area contributed by atoms with Gasteiger partial charge < -0.3 is 10.1 Å². The highest BCUT2D eigenvalue weighted by molar-refractivity contribution is 8.01. The van der Waals surface area contributed by atoms with Gasteiger partial charge in [0, 0.05) is 11.3 Å². The Morgan fingerprint density at radius 3 is 2.93 bits per heavy atom. The third kappa shape index (κ3) is 1.41. The van der Waals surface area contributed by atoms with Crippen LogP contribution in [0.1, 0.15) is 19.3 Å². The number of anilines is 1. The van der Waals surface area contributed by atoms with Gasteiger partial charge in [-0.3, -0.25) is 0 Å². The molecule has 0 saturated heterocycles. The highest BCUT2D eigenvalue weighted by Gasteiger charge is 2.41. The van der Waals surface area contributed by atoms with Crippen LogP contribution in [0.5, 0.6) is 5.75 Å². The van der Waals surface area contributed by atoms with E-state index in [1.807, 2.05) is 23.9 Å². The molecule has 0 amide bonds. The van der Waals surface area contributed by atoms with Crippen molar-refractivity contribution in [1.82, 2.24) is 0 Å². The van der Waals surface area contributed by atoms with Crippen molar-refractivity contribution in [2.75, 3.05) is 19.0 Å². The molecule has 0 radical (unpaired) electrons. The van der Waals surface area contributed by atoms with Crippen LogP contribution < -0.4 is 10.1 Å². The molecule has 0 atom stereocenters. The molecule has 1 saturated carbocycles. The minimum atomic E-state index is 0.460. The lowest BCUT2D eigenvalue weighted by Gasteiger charge is -2.45. The fraction of sp³-hybridized carbons (Fsp3) is 0.500. The smallest absolute Gasteiger partial charge is 0.134 e. The predicted octanol–water partition coefficient (Wildman–Crippen LogP) is 3.14. The first kappa shape index (κ1) is 9.40. The lowest BCUT2D eigenvalue weighted by molar-refractivity contribution is 0.371. The second-order valence-corrected chi connectivity index (χ2v) is 5.81. The van der Waals surface area contributed by atoms with Crippen molar-refractivity contribution in [3.63, 3.8) is 0 Å². The number of thioether (sulfide) groups is 1. The lowest BCUT2D eigenvalue weighted by Crippen LogP contribution is -2.42. The Bertz CT molecular complexity index is 373. The molecule has 1 fully saturated rings. The van der Waals surface area contributed by atoms with Gasteiger partial charge in [0.1, 0.15) is 5.75 Å². The summed E-state index contributed by atoms with van der Waals surface area (Å²) in [5, 5.41) is 3.53. The number of benzene rings is 1. The topological polar surface area (TPSA) is 21.3 Å². The Hall–Kier alpha value is -0.830. The molecule has 3 rings (SSSR count). The SMILES string of the molecule is COc1cccc2c1SC1(CCC1)CN2. The number of methoxy groups -OCH3 is 1. The summed E-state index contributed by atoms with van der Waals surface area (Å²) in [6, 6.07) is 6.23. The second-order valence-electron chi connectivity index (χ2n) is 4.33. The molecule has 2 aliphatic rings. The Kier molecular flexibility index (Phi) is 2.09. The second kappa shape index (κ2) is 3.34. The minimum absolute atomic E-state index is 0.460.